The number of quaternary nitrogens is 1. The van der Waals surface area contributed by atoms with Gasteiger partial charge in [-0.05, 0) is 24.3 Å². The number of likely N-dealkylation sites (N-methyl/N-ethyl adjacent to an activating group) is 1. The number of carbonyl (C=O) groups is 1. The lowest BCUT2D eigenvalue weighted by atomic mass is 10.1. The van der Waals surface area contributed by atoms with Crippen molar-refractivity contribution >= 4 is 17.3 Å². The van der Waals surface area contributed by atoms with Gasteiger partial charge in [0.25, 0.3) is 5.91 Å². The molecule has 0 radical (unpaired) electrons. The molecule has 3 rings (SSSR count). The van der Waals surface area contributed by atoms with Crippen LogP contribution in [0.5, 0.6) is 11.5 Å². The third-order valence-corrected chi connectivity index (χ3v) is 4.76. The molecule has 0 saturated carbocycles. The average molecular weight is 356 g/mol. The number of methoxy groups -OCH3 is 2. The van der Waals surface area contributed by atoms with Gasteiger partial charge in [0.15, 0.2) is 0 Å². The number of piperazine rings is 1. The molecule has 1 aliphatic heterocycles. The maximum absolute atomic E-state index is 12.8. The highest BCUT2D eigenvalue weighted by molar-refractivity contribution is 6.07. The molecule has 2 aromatic carbocycles. The minimum absolute atomic E-state index is 0.197. The predicted molar refractivity (Wildman–Crippen MR) is 103 cm³/mol. The minimum Gasteiger partial charge on any atom is -0.497 e. The van der Waals surface area contributed by atoms with Crippen molar-refractivity contribution < 1.29 is 19.2 Å². The number of ether oxygens (including phenoxy) is 2. The normalized spacial score (nSPS) is 14.8. The van der Waals surface area contributed by atoms with Gasteiger partial charge >= 0.3 is 0 Å². The monoisotopic (exact) mass is 356 g/mol. The van der Waals surface area contributed by atoms with Gasteiger partial charge in [-0.15, -0.1) is 0 Å². The Morgan fingerprint density at radius 1 is 1.08 bits per heavy atom. The first-order valence-electron chi connectivity index (χ1n) is 8.81. The van der Waals surface area contributed by atoms with E-state index in [1.54, 1.807) is 32.4 Å². The van der Waals surface area contributed by atoms with Crippen molar-refractivity contribution in [3.63, 3.8) is 0 Å². The van der Waals surface area contributed by atoms with Crippen LogP contribution in [0.1, 0.15) is 10.4 Å². The van der Waals surface area contributed by atoms with E-state index in [9.17, 15) is 4.79 Å². The molecule has 1 amide bonds. The van der Waals surface area contributed by atoms with Crippen molar-refractivity contribution in [2.75, 3.05) is 57.7 Å². The van der Waals surface area contributed by atoms with E-state index >= 15 is 0 Å². The lowest BCUT2D eigenvalue weighted by molar-refractivity contribution is -0.880. The van der Waals surface area contributed by atoms with Crippen molar-refractivity contribution in [2.24, 2.45) is 0 Å². The van der Waals surface area contributed by atoms with Crippen LogP contribution in [0.25, 0.3) is 0 Å². The quantitative estimate of drug-likeness (QED) is 0.848. The number of carbonyl (C=O) groups excluding carboxylic acids is 1. The second-order valence-electron chi connectivity index (χ2n) is 6.48. The smallest absolute Gasteiger partial charge is 0.259 e. The van der Waals surface area contributed by atoms with Gasteiger partial charge in [-0.25, -0.2) is 0 Å². The first kappa shape index (κ1) is 18.1. The molecule has 2 aromatic rings. The van der Waals surface area contributed by atoms with Gasteiger partial charge in [0.2, 0.25) is 0 Å². The lowest BCUT2D eigenvalue weighted by Gasteiger charge is -2.33. The number of para-hydroxylation sites is 2. The van der Waals surface area contributed by atoms with E-state index in [-0.39, 0.29) is 5.91 Å². The Morgan fingerprint density at radius 3 is 2.50 bits per heavy atom. The highest BCUT2D eigenvalue weighted by Gasteiger charge is 2.21. The highest BCUT2D eigenvalue weighted by Crippen LogP contribution is 2.29. The summed E-state index contributed by atoms with van der Waals surface area (Å²) in [7, 11) is 5.34. The van der Waals surface area contributed by atoms with Crippen molar-refractivity contribution in [1.82, 2.24) is 0 Å². The third-order valence-electron chi connectivity index (χ3n) is 4.76. The van der Waals surface area contributed by atoms with Gasteiger partial charge in [0, 0.05) is 6.07 Å². The Balaban J connectivity index is 1.82. The highest BCUT2D eigenvalue weighted by atomic mass is 16.5. The van der Waals surface area contributed by atoms with E-state index in [1.165, 1.54) is 4.90 Å². The average Bonchev–Trinajstić information content (AvgIpc) is 2.68. The number of anilines is 2. The molecule has 138 valence electrons. The Labute approximate surface area is 154 Å². The van der Waals surface area contributed by atoms with Crippen LogP contribution in [0.3, 0.4) is 0 Å². The first-order chi connectivity index (χ1) is 12.6. The number of rotatable bonds is 5. The third kappa shape index (κ3) is 3.91. The molecule has 0 aromatic heterocycles. The van der Waals surface area contributed by atoms with E-state index < -0.39 is 0 Å². The largest absolute Gasteiger partial charge is 0.497 e. The van der Waals surface area contributed by atoms with Crippen molar-refractivity contribution in [3.8, 4) is 11.5 Å². The SMILES string of the molecule is COc1ccc(C(=O)Nc2ccccc2N2CC[NH+](C)CC2)c(OC)c1. The Kier molecular flexibility index (Phi) is 5.63. The zero-order chi connectivity index (χ0) is 18.5. The molecule has 1 heterocycles. The molecule has 6 heteroatoms. The lowest BCUT2D eigenvalue weighted by Crippen LogP contribution is -3.12. The second-order valence-corrected chi connectivity index (χ2v) is 6.48. The molecule has 1 aliphatic rings. The Bertz CT molecular complexity index is 771. The summed E-state index contributed by atoms with van der Waals surface area (Å²) in [6.45, 7) is 4.14. The van der Waals surface area contributed by atoms with Gasteiger partial charge in [0.1, 0.15) is 11.5 Å². The summed E-state index contributed by atoms with van der Waals surface area (Å²) in [6.07, 6.45) is 0. The van der Waals surface area contributed by atoms with Crippen molar-refractivity contribution in [1.29, 1.82) is 0 Å². The maximum atomic E-state index is 12.8. The van der Waals surface area contributed by atoms with Crippen LogP contribution >= 0.6 is 0 Å². The molecule has 0 spiro atoms. The molecule has 6 nitrogen and oxygen atoms in total. The number of nitrogens with one attached hydrogen (secondary N) is 2. The van der Waals surface area contributed by atoms with Gasteiger partial charge in [-0.3, -0.25) is 4.79 Å². The molecular formula is C20H26N3O3+. The number of benzene rings is 2. The van der Waals surface area contributed by atoms with Crippen LogP contribution in [-0.4, -0.2) is 53.4 Å². The summed E-state index contributed by atoms with van der Waals surface area (Å²) in [5.41, 5.74) is 2.35. The number of hydrogen-bond donors (Lipinski definition) is 2. The molecular weight excluding hydrogens is 330 g/mol. The summed E-state index contributed by atoms with van der Waals surface area (Å²) in [5.74, 6) is 0.943. The molecule has 0 atom stereocenters. The van der Waals surface area contributed by atoms with Gasteiger partial charge < -0.3 is 24.6 Å². The van der Waals surface area contributed by atoms with Crippen LogP contribution in [-0.2, 0) is 0 Å². The summed E-state index contributed by atoms with van der Waals surface area (Å²) in [6, 6.07) is 13.1. The van der Waals surface area contributed by atoms with Crippen LogP contribution < -0.4 is 24.6 Å². The molecule has 1 fully saturated rings. The molecule has 26 heavy (non-hydrogen) atoms. The van der Waals surface area contributed by atoms with Crippen LogP contribution in [0.2, 0.25) is 0 Å². The topological polar surface area (TPSA) is 55.2 Å². The second kappa shape index (κ2) is 8.10. The zero-order valence-electron chi connectivity index (χ0n) is 15.5. The first-order valence-corrected chi connectivity index (χ1v) is 8.81. The van der Waals surface area contributed by atoms with Crippen LogP contribution in [0, 0.1) is 0 Å². The molecule has 0 bridgehead atoms. The fraction of sp³-hybridized carbons (Fsp3) is 0.350. The molecule has 0 unspecified atom stereocenters. The molecule has 2 N–H and O–H groups in total. The van der Waals surface area contributed by atoms with E-state index in [4.69, 9.17) is 9.47 Å². The standard InChI is InChI=1S/C20H25N3O3/c1-22-10-12-23(13-11-22)18-7-5-4-6-17(18)21-20(24)16-9-8-15(25-2)14-19(16)26-3/h4-9,14H,10-13H2,1-3H3,(H,21,24)/p+1. The van der Waals surface area contributed by atoms with Gasteiger partial charge in [-0.1, -0.05) is 12.1 Å². The van der Waals surface area contributed by atoms with Crippen LogP contribution in [0.15, 0.2) is 42.5 Å². The predicted octanol–water partition coefficient (Wildman–Crippen LogP) is 1.29. The number of amides is 1. The summed E-state index contributed by atoms with van der Waals surface area (Å²) >= 11 is 0. The van der Waals surface area contributed by atoms with Crippen molar-refractivity contribution in [3.05, 3.63) is 48.0 Å². The summed E-state index contributed by atoms with van der Waals surface area (Å²) in [4.78, 5) is 16.7. The Morgan fingerprint density at radius 2 is 1.81 bits per heavy atom. The maximum Gasteiger partial charge on any atom is 0.259 e. The molecule has 1 saturated heterocycles. The summed E-state index contributed by atoms with van der Waals surface area (Å²) in [5, 5.41) is 3.04. The zero-order valence-corrected chi connectivity index (χ0v) is 15.5. The Hall–Kier alpha value is -2.73. The molecule has 0 aliphatic carbocycles. The van der Waals surface area contributed by atoms with E-state index in [0.29, 0.717) is 17.1 Å². The summed E-state index contributed by atoms with van der Waals surface area (Å²) < 4.78 is 10.5. The van der Waals surface area contributed by atoms with Gasteiger partial charge in [0.05, 0.1) is 64.4 Å². The fourth-order valence-electron chi connectivity index (χ4n) is 3.16. The number of nitrogens with zero attached hydrogens (tertiary/aromatic N) is 1. The van der Waals surface area contributed by atoms with E-state index in [2.05, 4.69) is 23.3 Å². The fourth-order valence-corrected chi connectivity index (χ4v) is 3.16. The van der Waals surface area contributed by atoms with Crippen LogP contribution in [0.4, 0.5) is 11.4 Å². The number of hydrogen-bond acceptors (Lipinski definition) is 4. The van der Waals surface area contributed by atoms with Gasteiger partial charge in [-0.2, -0.15) is 0 Å². The van der Waals surface area contributed by atoms with Crippen molar-refractivity contribution in [2.45, 2.75) is 0 Å². The van der Waals surface area contributed by atoms with E-state index in [0.717, 1.165) is 37.6 Å². The van der Waals surface area contributed by atoms with E-state index in [1.807, 2.05) is 18.2 Å². The minimum atomic E-state index is -0.197.